The number of esters is 1. The first-order valence-corrected chi connectivity index (χ1v) is 26.9. The summed E-state index contributed by atoms with van der Waals surface area (Å²) >= 11 is 6.55. The van der Waals surface area contributed by atoms with Gasteiger partial charge in [-0.1, -0.05) is 15.9 Å². The van der Waals surface area contributed by atoms with Crippen molar-refractivity contribution in [3.8, 4) is 11.8 Å². The molecule has 2 saturated carbocycles. The van der Waals surface area contributed by atoms with Gasteiger partial charge in [-0.2, -0.15) is 0 Å². The largest absolute Gasteiger partial charge is 0.474 e. The standard InChI is InChI=1S/C23H34N4O4S.C23H31N3O4S.C3H7BrO/c1-29-11-9-27(10-12-30-2)16-4-6-17(7-5-16)31-22-21-20-15(13-19(24)28)3-8-18(20)32-23(21)26-14-25-22;1-23(2,3)30-18(28)10-13-4-7-15(8-5-13)29-21-20-19-14(11-17(24)27)6-9-16(19)31-22(20)26-12-25-21;1-5-3-2-4/h14-17H,3-13H2,1-2H3,(H2,24,28);12-15H,4-11H2,1-3H3,(H2,24,27);2-3H2,1H3/t15-,16?,17?;13?,14-,15?;/m11./s1. The summed E-state index contributed by atoms with van der Waals surface area (Å²) < 4.78 is 33.5. The first-order chi connectivity index (χ1) is 32.7. The number of fused-ring (bicyclic) bond motifs is 6. The molecule has 68 heavy (non-hydrogen) atoms. The van der Waals surface area contributed by atoms with E-state index in [9.17, 15) is 14.4 Å². The van der Waals surface area contributed by atoms with E-state index in [0.717, 1.165) is 141 Å². The van der Waals surface area contributed by atoms with E-state index in [2.05, 4.69) is 45.5 Å². The van der Waals surface area contributed by atoms with Crippen molar-refractivity contribution in [3.05, 3.63) is 33.5 Å². The lowest BCUT2D eigenvalue weighted by atomic mass is 9.85. The van der Waals surface area contributed by atoms with E-state index in [0.29, 0.717) is 43.0 Å². The zero-order valence-corrected chi connectivity index (χ0v) is 43.9. The number of amides is 2. The number of carbonyl (C=O) groups is 3. The van der Waals surface area contributed by atoms with Gasteiger partial charge in [-0.3, -0.25) is 19.3 Å². The highest BCUT2D eigenvalue weighted by molar-refractivity contribution is 9.09. The number of halogens is 1. The SMILES string of the molecule is CC(C)(C)OC(=O)CC1CCC(Oc2ncnc3sc4c(c23)[C@@H](CC(N)=O)CC4)CC1.COCCBr.COCCN(CCOC)C1CCC(Oc2ncnc3sc4c(c23)[C@@H](CC(N)=O)CC4)CC1. The monoisotopic (exact) mass is 1050 g/mol. The maximum absolute atomic E-state index is 12.1. The number of nitrogens with zero attached hydrogens (tertiary/aromatic N) is 5. The molecule has 4 aliphatic carbocycles. The van der Waals surface area contributed by atoms with Gasteiger partial charge >= 0.3 is 5.97 Å². The summed E-state index contributed by atoms with van der Waals surface area (Å²) in [5.41, 5.74) is 12.9. The van der Waals surface area contributed by atoms with Gasteiger partial charge in [0.05, 0.1) is 30.6 Å². The molecule has 0 spiro atoms. The third kappa shape index (κ3) is 15.0. The molecule has 0 aromatic carbocycles. The van der Waals surface area contributed by atoms with E-state index in [-0.39, 0.29) is 41.8 Å². The average Bonchev–Trinajstić information content (AvgIpc) is 4.07. The fourth-order valence-corrected chi connectivity index (χ4v) is 12.8. The van der Waals surface area contributed by atoms with Gasteiger partial charge in [0.1, 0.15) is 40.1 Å². The minimum Gasteiger partial charge on any atom is -0.474 e. The van der Waals surface area contributed by atoms with Crippen LogP contribution in [-0.2, 0) is 46.2 Å². The normalized spacial score (nSPS) is 22.2. The molecular weight excluding hydrogens is 975 g/mol. The minimum atomic E-state index is -0.442. The van der Waals surface area contributed by atoms with E-state index in [1.807, 2.05) is 20.8 Å². The number of alkyl halides is 1. The maximum Gasteiger partial charge on any atom is 0.306 e. The molecule has 4 aromatic rings. The molecule has 0 unspecified atom stereocenters. The van der Waals surface area contributed by atoms with Crippen molar-refractivity contribution < 1.29 is 42.8 Å². The van der Waals surface area contributed by atoms with Crippen LogP contribution in [0.25, 0.3) is 20.4 Å². The Morgan fingerprint density at radius 3 is 1.51 bits per heavy atom. The van der Waals surface area contributed by atoms with Crippen molar-refractivity contribution >= 4 is 76.8 Å². The molecular formula is C49H72BrN7O9S2. The number of methoxy groups -OCH3 is 3. The Balaban J connectivity index is 0.000000204. The van der Waals surface area contributed by atoms with Gasteiger partial charge in [0.25, 0.3) is 0 Å². The van der Waals surface area contributed by atoms with E-state index in [1.54, 1.807) is 56.7 Å². The first kappa shape index (κ1) is 53.8. The number of carbonyl (C=O) groups excluding carboxylic acids is 3. The Kier molecular flexibility index (Phi) is 20.6. The number of thiophene rings is 2. The second-order valence-corrected chi connectivity index (χ2v) is 22.2. The maximum atomic E-state index is 12.1. The third-order valence-electron chi connectivity index (χ3n) is 13.1. The molecule has 8 rings (SSSR count). The highest BCUT2D eigenvalue weighted by Crippen LogP contribution is 2.49. The highest BCUT2D eigenvalue weighted by Gasteiger charge is 2.35. The minimum absolute atomic E-state index is 0.0690. The fraction of sp³-hybridized carbons (Fsp3) is 0.694. The Labute approximate surface area is 417 Å². The summed E-state index contributed by atoms with van der Waals surface area (Å²) in [6.45, 7) is 9.80. The quantitative estimate of drug-likeness (QED) is 0.0670. The van der Waals surface area contributed by atoms with Crippen LogP contribution in [-0.4, -0.2) is 126 Å². The van der Waals surface area contributed by atoms with Crippen molar-refractivity contribution in [1.29, 1.82) is 0 Å². The smallest absolute Gasteiger partial charge is 0.306 e. The fourth-order valence-electron chi connectivity index (χ4n) is 10.0. The first-order valence-electron chi connectivity index (χ1n) is 24.1. The highest BCUT2D eigenvalue weighted by atomic mass is 79.9. The van der Waals surface area contributed by atoms with Crippen molar-refractivity contribution in [2.75, 3.05) is 59.6 Å². The Hall–Kier alpha value is -3.59. The van der Waals surface area contributed by atoms with Crippen LogP contribution in [0.3, 0.4) is 0 Å². The molecule has 0 aliphatic heterocycles. The van der Waals surface area contributed by atoms with Crippen LogP contribution in [0.2, 0.25) is 0 Å². The van der Waals surface area contributed by atoms with Crippen molar-refractivity contribution in [1.82, 2.24) is 24.8 Å². The molecule has 0 bridgehead atoms. The average molecular weight is 1050 g/mol. The van der Waals surface area contributed by atoms with E-state index < -0.39 is 5.60 Å². The Morgan fingerprint density at radius 1 is 0.662 bits per heavy atom. The number of nitrogens with two attached hydrogens (primary N) is 2. The molecule has 2 atom stereocenters. The van der Waals surface area contributed by atoms with Gasteiger partial charge < -0.3 is 39.9 Å². The lowest BCUT2D eigenvalue weighted by Crippen LogP contribution is -2.43. The topological polar surface area (TPSA) is 213 Å². The van der Waals surface area contributed by atoms with Crippen molar-refractivity contribution in [2.24, 2.45) is 17.4 Å². The summed E-state index contributed by atoms with van der Waals surface area (Å²) in [7, 11) is 5.18. The van der Waals surface area contributed by atoms with Crippen LogP contribution < -0.4 is 20.9 Å². The third-order valence-corrected chi connectivity index (χ3v) is 15.8. The van der Waals surface area contributed by atoms with Gasteiger partial charge in [0.2, 0.25) is 23.6 Å². The number of rotatable bonds is 19. The summed E-state index contributed by atoms with van der Waals surface area (Å²) in [6.07, 6.45) is 16.1. The van der Waals surface area contributed by atoms with Crippen LogP contribution >= 0.6 is 38.6 Å². The zero-order valence-electron chi connectivity index (χ0n) is 40.7. The molecule has 376 valence electrons. The molecule has 16 nitrogen and oxygen atoms in total. The van der Waals surface area contributed by atoms with E-state index in [4.69, 9.17) is 35.2 Å². The molecule has 2 fully saturated rings. The van der Waals surface area contributed by atoms with Crippen molar-refractivity contribution in [3.63, 3.8) is 0 Å². The molecule has 19 heteroatoms. The Morgan fingerprint density at radius 2 is 1.12 bits per heavy atom. The predicted octanol–water partition coefficient (Wildman–Crippen LogP) is 8.17. The van der Waals surface area contributed by atoms with Crippen molar-refractivity contribution in [2.45, 2.75) is 153 Å². The number of hydrogen-bond acceptors (Lipinski definition) is 16. The van der Waals surface area contributed by atoms with E-state index >= 15 is 0 Å². The van der Waals surface area contributed by atoms with Crippen LogP contribution in [0.15, 0.2) is 12.7 Å². The number of aryl methyl sites for hydroxylation is 2. The number of hydrogen-bond donors (Lipinski definition) is 2. The van der Waals surface area contributed by atoms with Gasteiger partial charge in [0, 0.05) is 74.8 Å². The molecule has 0 radical (unpaired) electrons. The second kappa shape index (κ2) is 26.0. The molecule has 4 N–H and O–H groups in total. The van der Waals surface area contributed by atoms with Gasteiger partial charge in [-0.05, 0) is 127 Å². The molecule has 4 aromatic heterocycles. The number of primary amides is 2. The summed E-state index contributed by atoms with van der Waals surface area (Å²) in [5.74, 6) is 1.24. The lowest BCUT2D eigenvalue weighted by molar-refractivity contribution is -0.156. The summed E-state index contributed by atoms with van der Waals surface area (Å²) in [4.78, 5) is 60.1. The van der Waals surface area contributed by atoms with Crippen LogP contribution in [0, 0.1) is 5.92 Å². The summed E-state index contributed by atoms with van der Waals surface area (Å²) in [6, 6.07) is 0.524. The van der Waals surface area contributed by atoms with Crippen LogP contribution in [0.1, 0.15) is 137 Å². The molecule has 4 heterocycles. The van der Waals surface area contributed by atoms with Gasteiger partial charge in [0.15, 0.2) is 0 Å². The number of aromatic nitrogens is 4. The van der Waals surface area contributed by atoms with Crippen LogP contribution in [0.5, 0.6) is 11.8 Å². The summed E-state index contributed by atoms with van der Waals surface area (Å²) in [5, 5.41) is 2.89. The molecule has 2 amide bonds. The van der Waals surface area contributed by atoms with E-state index in [1.165, 1.54) is 15.3 Å². The Bertz CT molecular complexity index is 2250. The second-order valence-electron chi connectivity index (χ2n) is 19.2. The molecule has 0 saturated heterocycles. The molecule has 4 aliphatic rings. The van der Waals surface area contributed by atoms with Gasteiger partial charge in [-0.25, -0.2) is 19.9 Å². The predicted molar refractivity (Wildman–Crippen MR) is 269 cm³/mol. The van der Waals surface area contributed by atoms with Gasteiger partial charge in [-0.15, -0.1) is 22.7 Å². The van der Waals surface area contributed by atoms with Crippen LogP contribution in [0.4, 0.5) is 0 Å². The zero-order chi connectivity index (χ0) is 48.8. The number of ether oxygens (including phenoxy) is 6. The lowest BCUT2D eigenvalue weighted by Gasteiger charge is -2.36.